The van der Waals surface area contributed by atoms with Crippen molar-refractivity contribution in [3.8, 4) is 0 Å². The molecular formula is C9H18N2O2S. The predicted octanol–water partition coefficient (Wildman–Crippen LogP) is 0.605. The monoisotopic (exact) mass is 218 g/mol. The molecule has 0 radical (unpaired) electrons. The van der Waals surface area contributed by atoms with Gasteiger partial charge in [-0.15, -0.1) is 0 Å². The minimum absolute atomic E-state index is 0.113. The van der Waals surface area contributed by atoms with Crippen LogP contribution in [-0.2, 0) is 10.8 Å². The van der Waals surface area contributed by atoms with Crippen molar-refractivity contribution in [3.63, 3.8) is 0 Å². The van der Waals surface area contributed by atoms with Crippen molar-refractivity contribution in [2.45, 2.75) is 38.8 Å². The van der Waals surface area contributed by atoms with E-state index >= 15 is 0 Å². The average Bonchev–Trinajstić information content (AvgIpc) is 2.07. The first-order valence-electron chi connectivity index (χ1n) is 5.00. The summed E-state index contributed by atoms with van der Waals surface area (Å²) in [4.78, 5) is 11.3. The Morgan fingerprint density at radius 3 is 2.43 bits per heavy atom. The van der Waals surface area contributed by atoms with Crippen LogP contribution in [0.3, 0.4) is 0 Å². The van der Waals surface area contributed by atoms with Crippen molar-refractivity contribution in [2.75, 3.05) is 11.5 Å². The molecule has 0 aliphatic carbocycles. The highest BCUT2D eigenvalue weighted by molar-refractivity contribution is 7.85. The van der Waals surface area contributed by atoms with E-state index < -0.39 is 10.8 Å². The third-order valence-corrected chi connectivity index (χ3v) is 3.53. The van der Waals surface area contributed by atoms with Crippen LogP contribution in [0.4, 0.5) is 4.79 Å². The number of hydrogen-bond donors (Lipinski definition) is 2. The van der Waals surface area contributed by atoms with Gasteiger partial charge in [0.25, 0.3) is 0 Å². The summed E-state index contributed by atoms with van der Waals surface area (Å²) in [6, 6.07) is 0.247. The van der Waals surface area contributed by atoms with E-state index in [1.807, 2.05) is 13.8 Å². The van der Waals surface area contributed by atoms with Gasteiger partial charge >= 0.3 is 6.03 Å². The number of carbonyl (C=O) groups is 1. The second-order valence-electron chi connectivity index (χ2n) is 3.89. The molecule has 0 spiro atoms. The second kappa shape index (κ2) is 5.34. The van der Waals surface area contributed by atoms with Crippen LogP contribution < -0.4 is 10.6 Å². The molecule has 0 aromatic carbocycles. The lowest BCUT2D eigenvalue weighted by Crippen LogP contribution is -2.46. The Morgan fingerprint density at radius 2 is 1.93 bits per heavy atom. The summed E-state index contributed by atoms with van der Waals surface area (Å²) >= 11 is 0. The first-order valence-corrected chi connectivity index (χ1v) is 6.48. The van der Waals surface area contributed by atoms with Crippen LogP contribution in [0.2, 0.25) is 0 Å². The van der Waals surface area contributed by atoms with Gasteiger partial charge in [0.2, 0.25) is 0 Å². The standard InChI is InChI=1S/C9H18N2O2S/c1-7(2)10-9(12)11-8-3-5-14(13)6-4-8/h7-8H,3-6H2,1-2H3,(H2,10,11,12). The number of rotatable bonds is 2. The molecule has 5 heteroatoms. The molecule has 0 atom stereocenters. The molecule has 1 fully saturated rings. The average molecular weight is 218 g/mol. The van der Waals surface area contributed by atoms with Gasteiger partial charge in [0.05, 0.1) is 0 Å². The number of urea groups is 1. The van der Waals surface area contributed by atoms with Crippen LogP contribution in [-0.4, -0.2) is 33.8 Å². The van der Waals surface area contributed by atoms with E-state index in [2.05, 4.69) is 10.6 Å². The lowest BCUT2D eigenvalue weighted by atomic mass is 10.2. The third-order valence-electron chi connectivity index (χ3n) is 2.14. The first-order chi connectivity index (χ1) is 6.58. The van der Waals surface area contributed by atoms with Gasteiger partial charge < -0.3 is 10.6 Å². The maximum atomic E-state index is 11.3. The number of carbonyl (C=O) groups excluding carboxylic acids is 1. The van der Waals surface area contributed by atoms with Crippen LogP contribution in [0.25, 0.3) is 0 Å². The predicted molar refractivity (Wildman–Crippen MR) is 57.7 cm³/mol. The molecular weight excluding hydrogens is 200 g/mol. The SMILES string of the molecule is CC(C)NC(=O)NC1CCS(=O)CC1. The van der Waals surface area contributed by atoms with Gasteiger partial charge in [-0.2, -0.15) is 0 Å². The number of hydrogen-bond acceptors (Lipinski definition) is 2. The maximum absolute atomic E-state index is 11.3. The van der Waals surface area contributed by atoms with Gasteiger partial charge in [0, 0.05) is 34.4 Å². The van der Waals surface area contributed by atoms with Crippen molar-refractivity contribution >= 4 is 16.8 Å². The number of nitrogens with one attached hydrogen (secondary N) is 2. The van der Waals surface area contributed by atoms with Crippen molar-refractivity contribution in [1.82, 2.24) is 10.6 Å². The molecule has 1 saturated heterocycles. The first kappa shape index (κ1) is 11.5. The molecule has 0 unspecified atom stereocenters. The molecule has 2 amide bonds. The largest absolute Gasteiger partial charge is 0.336 e. The van der Waals surface area contributed by atoms with Gasteiger partial charge in [-0.25, -0.2) is 4.79 Å². The summed E-state index contributed by atoms with van der Waals surface area (Å²) < 4.78 is 11.1. The van der Waals surface area contributed by atoms with E-state index in [0.29, 0.717) is 11.5 Å². The molecule has 1 aliphatic rings. The van der Waals surface area contributed by atoms with Gasteiger partial charge in [0.1, 0.15) is 0 Å². The van der Waals surface area contributed by atoms with E-state index in [4.69, 9.17) is 0 Å². The van der Waals surface area contributed by atoms with Crippen LogP contribution in [0.15, 0.2) is 0 Å². The van der Waals surface area contributed by atoms with Crippen molar-refractivity contribution in [1.29, 1.82) is 0 Å². The Morgan fingerprint density at radius 1 is 1.36 bits per heavy atom. The van der Waals surface area contributed by atoms with Crippen LogP contribution in [0.5, 0.6) is 0 Å². The molecule has 0 aromatic rings. The van der Waals surface area contributed by atoms with Gasteiger partial charge in [-0.05, 0) is 26.7 Å². The van der Waals surface area contributed by atoms with E-state index in [0.717, 1.165) is 12.8 Å². The Hall–Kier alpha value is -0.580. The van der Waals surface area contributed by atoms with Crippen LogP contribution in [0.1, 0.15) is 26.7 Å². The zero-order chi connectivity index (χ0) is 10.6. The normalized spacial score (nSPS) is 27.4. The fourth-order valence-corrected chi connectivity index (χ4v) is 2.73. The summed E-state index contributed by atoms with van der Waals surface area (Å²) in [6.45, 7) is 3.85. The van der Waals surface area contributed by atoms with Gasteiger partial charge in [-0.1, -0.05) is 0 Å². The minimum atomic E-state index is -0.658. The molecule has 1 aliphatic heterocycles. The van der Waals surface area contributed by atoms with Crippen molar-refractivity contribution < 1.29 is 9.00 Å². The molecule has 2 N–H and O–H groups in total. The van der Waals surface area contributed by atoms with Crippen LogP contribution in [0, 0.1) is 0 Å². The Bertz CT molecular complexity index is 221. The fraction of sp³-hybridized carbons (Fsp3) is 0.889. The minimum Gasteiger partial charge on any atom is -0.336 e. The quantitative estimate of drug-likeness (QED) is 0.713. The molecule has 14 heavy (non-hydrogen) atoms. The second-order valence-corrected chi connectivity index (χ2v) is 5.59. The lowest BCUT2D eigenvalue weighted by molar-refractivity contribution is 0.233. The van der Waals surface area contributed by atoms with Crippen LogP contribution >= 0.6 is 0 Å². The molecule has 0 bridgehead atoms. The molecule has 82 valence electrons. The summed E-state index contributed by atoms with van der Waals surface area (Å²) in [5.41, 5.74) is 0. The van der Waals surface area contributed by atoms with E-state index in [1.165, 1.54) is 0 Å². The molecule has 0 saturated carbocycles. The highest BCUT2D eigenvalue weighted by atomic mass is 32.2. The third kappa shape index (κ3) is 4.09. The summed E-state index contributed by atoms with van der Waals surface area (Å²) in [6.07, 6.45) is 1.66. The van der Waals surface area contributed by atoms with E-state index in [9.17, 15) is 9.00 Å². The fourth-order valence-electron chi connectivity index (χ4n) is 1.43. The van der Waals surface area contributed by atoms with E-state index in [1.54, 1.807) is 0 Å². The Kier molecular flexibility index (Phi) is 4.38. The molecule has 1 heterocycles. The zero-order valence-corrected chi connectivity index (χ0v) is 9.52. The lowest BCUT2D eigenvalue weighted by Gasteiger charge is -2.23. The summed E-state index contributed by atoms with van der Waals surface area (Å²) in [7, 11) is -0.658. The molecule has 0 aromatic heterocycles. The topological polar surface area (TPSA) is 58.2 Å². The maximum Gasteiger partial charge on any atom is 0.315 e. The van der Waals surface area contributed by atoms with Gasteiger partial charge in [0.15, 0.2) is 0 Å². The summed E-state index contributed by atoms with van der Waals surface area (Å²) in [5.74, 6) is 1.43. The zero-order valence-electron chi connectivity index (χ0n) is 8.71. The highest BCUT2D eigenvalue weighted by Crippen LogP contribution is 2.08. The summed E-state index contributed by atoms with van der Waals surface area (Å²) in [5, 5.41) is 5.66. The number of amides is 2. The van der Waals surface area contributed by atoms with Crippen molar-refractivity contribution in [3.05, 3.63) is 0 Å². The van der Waals surface area contributed by atoms with Gasteiger partial charge in [-0.3, -0.25) is 4.21 Å². The van der Waals surface area contributed by atoms with Crippen molar-refractivity contribution in [2.24, 2.45) is 0 Å². The molecule has 4 nitrogen and oxygen atoms in total. The van der Waals surface area contributed by atoms with E-state index in [-0.39, 0.29) is 18.1 Å². The highest BCUT2D eigenvalue weighted by Gasteiger charge is 2.19. The smallest absolute Gasteiger partial charge is 0.315 e. The Balaban J connectivity index is 2.24. The molecule has 1 rings (SSSR count). The Labute approximate surface area is 87.3 Å².